The molecule has 0 heterocycles. The van der Waals surface area contributed by atoms with Gasteiger partial charge in [0, 0.05) is 0 Å². The molecule has 0 aliphatic heterocycles. The molecule has 1 atom stereocenters. The Morgan fingerprint density at radius 2 is 1.39 bits per heavy atom. The van der Waals surface area contributed by atoms with E-state index in [-0.39, 0.29) is 43.1 Å². The fourth-order valence-corrected chi connectivity index (χ4v) is 6.73. The minimum atomic E-state index is 0. The van der Waals surface area contributed by atoms with Crippen molar-refractivity contribution < 1.29 is 24.2 Å². The van der Waals surface area contributed by atoms with E-state index in [2.05, 4.69) is 141 Å². The van der Waals surface area contributed by atoms with E-state index in [4.69, 9.17) is 0 Å². The van der Waals surface area contributed by atoms with E-state index in [9.17, 15) is 0 Å². The first-order valence-corrected chi connectivity index (χ1v) is 18.6. The molecule has 0 spiro atoms. The Morgan fingerprint density at radius 3 is 1.84 bits per heavy atom. The first kappa shape index (κ1) is 44.8. The fraction of sp³-hybridized carbons (Fsp3) is 0.370. The maximum Gasteiger partial charge on any atom is -0.171 e. The maximum atomic E-state index is 3.35. The summed E-state index contributed by atoms with van der Waals surface area (Å²) in [4.78, 5) is 0. The van der Waals surface area contributed by atoms with Crippen LogP contribution >= 0.6 is 24.8 Å². The molecular formula is C46H58Cl2Zr-4. The summed E-state index contributed by atoms with van der Waals surface area (Å²) in [6, 6.07) is 22.5. The van der Waals surface area contributed by atoms with Crippen molar-refractivity contribution >= 4 is 40.2 Å². The number of halogens is 2. The number of allylic oxidation sites excluding steroid dienone is 8. The van der Waals surface area contributed by atoms with E-state index in [1.54, 1.807) is 0 Å². The summed E-state index contributed by atoms with van der Waals surface area (Å²) in [6.45, 7) is 22.9. The van der Waals surface area contributed by atoms with E-state index < -0.39 is 0 Å². The van der Waals surface area contributed by atoms with Crippen LogP contribution in [0.4, 0.5) is 0 Å². The van der Waals surface area contributed by atoms with E-state index in [0.29, 0.717) is 11.3 Å². The molecule has 0 fully saturated rings. The Balaban J connectivity index is 0.000000456. The van der Waals surface area contributed by atoms with Gasteiger partial charge in [-0.05, 0) is 70.2 Å². The van der Waals surface area contributed by atoms with Gasteiger partial charge < -0.3 is 7.43 Å². The zero-order valence-corrected chi connectivity index (χ0v) is 35.9. The Hall–Kier alpha value is -2.18. The van der Waals surface area contributed by atoms with Crippen molar-refractivity contribution in [3.8, 4) is 11.1 Å². The first-order valence-electron chi connectivity index (χ1n) is 16.8. The van der Waals surface area contributed by atoms with Gasteiger partial charge in [0.05, 0.1) is 0 Å². The zero-order chi connectivity index (χ0) is 33.9. The van der Waals surface area contributed by atoms with Crippen LogP contribution in [0.1, 0.15) is 115 Å². The minimum Gasteiger partial charge on any atom is -0.358 e. The molecule has 49 heavy (non-hydrogen) atoms. The van der Waals surface area contributed by atoms with Crippen molar-refractivity contribution in [1.82, 2.24) is 0 Å². The van der Waals surface area contributed by atoms with Gasteiger partial charge in [-0.25, -0.2) is 18.6 Å². The molecule has 0 saturated carbocycles. The summed E-state index contributed by atoms with van der Waals surface area (Å²) in [5.74, 6) is 0.573. The van der Waals surface area contributed by atoms with Crippen LogP contribution in [-0.4, -0.2) is 4.21 Å². The molecule has 7 rings (SSSR count). The van der Waals surface area contributed by atoms with Gasteiger partial charge in [-0.2, -0.15) is 53.6 Å². The predicted molar refractivity (Wildman–Crippen MR) is 219 cm³/mol. The molecule has 1 unspecified atom stereocenters. The minimum absolute atomic E-state index is 0. The summed E-state index contributed by atoms with van der Waals surface area (Å²) in [5, 5.41) is 0. The van der Waals surface area contributed by atoms with Gasteiger partial charge >= 0.3 is 28.4 Å². The molecule has 4 aliphatic rings. The van der Waals surface area contributed by atoms with Gasteiger partial charge in [-0.1, -0.05) is 108 Å². The SMILES string of the molecule is CC1=C[CH-]C(C)(C)c2cc3c(cc21)-c1cc2c(cc1C3)C(C)(C)CC=C2C.CCC1[C-]=CC(C(C)(C)C)=C1.Cl.Cl.[CH2]=[Zr].[CH3-].[c-]1ccccc1. The Morgan fingerprint density at radius 1 is 0.837 bits per heavy atom. The van der Waals surface area contributed by atoms with Crippen molar-refractivity contribution in [3.63, 3.8) is 0 Å². The molecule has 0 N–H and O–H groups in total. The number of benzene rings is 3. The van der Waals surface area contributed by atoms with Gasteiger partial charge in [0.1, 0.15) is 0 Å². The van der Waals surface area contributed by atoms with Gasteiger partial charge in [0.2, 0.25) is 0 Å². The molecule has 0 bridgehead atoms. The van der Waals surface area contributed by atoms with Crippen LogP contribution in [0, 0.1) is 37.3 Å². The molecule has 3 aromatic carbocycles. The van der Waals surface area contributed by atoms with Crippen molar-refractivity contribution in [2.24, 2.45) is 11.3 Å². The molecule has 3 heteroatoms. The van der Waals surface area contributed by atoms with Gasteiger partial charge in [0.15, 0.2) is 0 Å². The van der Waals surface area contributed by atoms with E-state index >= 15 is 0 Å². The van der Waals surface area contributed by atoms with Crippen molar-refractivity contribution in [1.29, 1.82) is 0 Å². The van der Waals surface area contributed by atoms with Crippen LogP contribution in [0.5, 0.6) is 0 Å². The maximum absolute atomic E-state index is 3.35. The quantitative estimate of drug-likeness (QED) is 0.169. The van der Waals surface area contributed by atoms with Crippen LogP contribution in [0.15, 0.2) is 84.5 Å². The second kappa shape index (κ2) is 18.4. The zero-order valence-electron chi connectivity index (χ0n) is 31.8. The van der Waals surface area contributed by atoms with Gasteiger partial charge in [-0.3, -0.25) is 6.08 Å². The van der Waals surface area contributed by atoms with Gasteiger partial charge in [0.25, 0.3) is 0 Å². The largest absolute Gasteiger partial charge is 0.358 e. The van der Waals surface area contributed by atoms with Crippen LogP contribution < -0.4 is 0 Å². The summed E-state index contributed by atoms with van der Waals surface area (Å²) in [7, 11) is 0. The van der Waals surface area contributed by atoms with E-state index in [1.807, 2.05) is 30.3 Å². The second-order valence-corrected chi connectivity index (χ2v) is 15.3. The summed E-state index contributed by atoms with van der Waals surface area (Å²) in [5.41, 5.74) is 16.7. The monoisotopic (exact) mass is 770 g/mol. The normalized spacial score (nSPS) is 17.7. The van der Waals surface area contributed by atoms with Gasteiger partial charge in [-0.15, -0.1) is 37.3 Å². The predicted octanol–water partition coefficient (Wildman–Crippen LogP) is 13.3. The molecule has 264 valence electrons. The summed E-state index contributed by atoms with van der Waals surface area (Å²) in [6.07, 6.45) is 18.3. The molecule has 0 amide bonds. The van der Waals surface area contributed by atoms with Crippen LogP contribution in [0.25, 0.3) is 22.3 Å². The third-order valence-electron chi connectivity index (χ3n) is 9.85. The average molecular weight is 773 g/mol. The average Bonchev–Trinajstić information content (AvgIpc) is 3.67. The third-order valence-corrected chi connectivity index (χ3v) is 9.85. The van der Waals surface area contributed by atoms with Crippen molar-refractivity contribution in [3.05, 3.63) is 144 Å². The summed E-state index contributed by atoms with van der Waals surface area (Å²) >= 11 is 1.30. The molecular weight excluding hydrogens is 715 g/mol. The Labute approximate surface area is 327 Å². The second-order valence-electron chi connectivity index (χ2n) is 15.3. The topological polar surface area (TPSA) is 0 Å². The number of rotatable bonds is 1. The van der Waals surface area contributed by atoms with E-state index in [1.165, 1.54) is 91.9 Å². The molecule has 0 aromatic heterocycles. The summed E-state index contributed by atoms with van der Waals surface area (Å²) < 4.78 is 3.34. The van der Waals surface area contributed by atoms with Crippen molar-refractivity contribution in [2.45, 2.75) is 99.3 Å². The van der Waals surface area contributed by atoms with Crippen LogP contribution in [0.3, 0.4) is 0 Å². The fourth-order valence-electron chi connectivity index (χ4n) is 6.73. The van der Waals surface area contributed by atoms with Crippen LogP contribution in [-0.2, 0) is 41.5 Å². The molecule has 0 saturated heterocycles. The molecule has 4 aliphatic carbocycles. The molecule has 3 aromatic rings. The standard InChI is InChI=1S/C27H29.C11H17.C6H5.CH3.CH2.2ClH.Zr/c1-16-7-9-26(3,4)24-12-18-11-19-13-25-21(17(2)8-10-27(25,5)6)15-23(19)22(18)14-20(16)24;1-5-9-6-7-10(8-9)11(2,3)4;1-2-4-6-5-3-1;;;;;/h7-9,12-15H,10-11H2,1-6H3;7-9H,5H2,1-4H3;1-5H;1H3;1H2;2*1H;/q4*-1;;;;. The Bertz CT molecular complexity index is 1560. The number of fused-ring (bicyclic) bond motifs is 5. The number of hydrogen-bond acceptors (Lipinski definition) is 0. The Kier molecular flexibility index (Phi) is 16.8. The van der Waals surface area contributed by atoms with E-state index in [0.717, 1.165) is 12.8 Å². The number of hydrogen-bond donors (Lipinski definition) is 0. The van der Waals surface area contributed by atoms with Crippen LogP contribution in [0.2, 0.25) is 0 Å². The smallest absolute Gasteiger partial charge is 0.171 e. The first-order chi connectivity index (χ1) is 21.7. The molecule has 0 nitrogen and oxygen atoms in total. The van der Waals surface area contributed by atoms with Crippen molar-refractivity contribution in [2.75, 3.05) is 0 Å². The third kappa shape index (κ3) is 10.2. The molecule has 0 radical (unpaired) electrons.